The van der Waals surface area contributed by atoms with Gasteiger partial charge < -0.3 is 9.32 Å². The topological polar surface area (TPSA) is 55.3 Å². The first-order valence-electron chi connectivity index (χ1n) is 2.17. The SMILES string of the molecule is C[Si](C)(C)O[Cl+2]([O-])[O-]. The summed E-state index contributed by atoms with van der Waals surface area (Å²) in [5, 5.41) is 0. The molecule has 0 spiro atoms. The fraction of sp³-hybridized carbons (Fsp3) is 1.00. The third kappa shape index (κ3) is 6.39. The molecule has 0 aromatic rings. The molecule has 0 atom stereocenters. The molecule has 0 aliphatic rings. The maximum atomic E-state index is 9.79. The van der Waals surface area contributed by atoms with Gasteiger partial charge >= 0.3 is 8.32 Å². The van der Waals surface area contributed by atoms with Crippen LogP contribution in [0.1, 0.15) is 0 Å². The van der Waals surface area contributed by atoms with Crippen LogP contribution < -0.4 is 9.32 Å². The number of halogens is 1. The van der Waals surface area contributed by atoms with E-state index in [0.29, 0.717) is 0 Å². The molecule has 0 unspecified atom stereocenters. The zero-order valence-electron chi connectivity index (χ0n) is 5.10. The standard InChI is InChI=1S/C3H9ClO3Si/c1-8(2,3)7-4(5)6/h1-3H3. The quantitative estimate of drug-likeness (QED) is 0.479. The van der Waals surface area contributed by atoms with Crippen molar-refractivity contribution in [2.45, 2.75) is 19.6 Å². The molecule has 0 rings (SSSR count). The van der Waals surface area contributed by atoms with Gasteiger partial charge in [-0.05, 0) is 19.6 Å². The Morgan fingerprint density at radius 1 is 1.25 bits per heavy atom. The van der Waals surface area contributed by atoms with Crippen LogP contribution in [0.5, 0.6) is 0 Å². The second-order valence-corrected chi connectivity index (χ2v) is 7.60. The van der Waals surface area contributed by atoms with Crippen LogP contribution in [0, 0.1) is 10.8 Å². The van der Waals surface area contributed by atoms with Crippen LogP contribution in [0.25, 0.3) is 0 Å². The molecule has 0 heterocycles. The minimum Gasteiger partial charge on any atom is -0.322 e. The van der Waals surface area contributed by atoms with Crippen molar-refractivity contribution in [3.05, 3.63) is 0 Å². The first kappa shape index (κ1) is 8.39. The Hall–Kier alpha value is 0.387. The lowest BCUT2D eigenvalue weighted by Gasteiger charge is -2.04. The van der Waals surface area contributed by atoms with Crippen LogP contribution in [-0.2, 0) is 3.98 Å². The third-order valence-corrected chi connectivity index (χ3v) is 2.65. The molecular formula is C3H9ClO3Si. The van der Waals surface area contributed by atoms with E-state index in [1.165, 1.54) is 0 Å². The van der Waals surface area contributed by atoms with E-state index in [9.17, 15) is 9.32 Å². The molecule has 3 nitrogen and oxygen atoms in total. The normalized spacial score (nSPS) is 12.8. The highest BCUT2D eigenvalue weighted by Crippen LogP contribution is 2.02. The predicted molar refractivity (Wildman–Crippen MR) is 24.4 cm³/mol. The maximum Gasteiger partial charge on any atom is 0.335 e. The van der Waals surface area contributed by atoms with E-state index in [2.05, 4.69) is 3.98 Å². The molecule has 5 heteroatoms. The summed E-state index contributed by atoms with van der Waals surface area (Å²) in [5.74, 6) is 0. The summed E-state index contributed by atoms with van der Waals surface area (Å²) in [6, 6.07) is 0. The summed E-state index contributed by atoms with van der Waals surface area (Å²) >= 11 is 0. The smallest absolute Gasteiger partial charge is 0.322 e. The van der Waals surface area contributed by atoms with Gasteiger partial charge in [0.25, 0.3) is 10.8 Å². The van der Waals surface area contributed by atoms with Gasteiger partial charge in [-0.25, -0.2) is 0 Å². The molecule has 0 saturated carbocycles. The van der Waals surface area contributed by atoms with Gasteiger partial charge in [-0.1, -0.05) is 3.98 Å². The molecule has 0 aliphatic carbocycles. The Balaban J connectivity index is 3.39. The van der Waals surface area contributed by atoms with Crippen molar-refractivity contribution in [1.29, 1.82) is 0 Å². The molecule has 0 bridgehead atoms. The van der Waals surface area contributed by atoms with Crippen LogP contribution in [0.3, 0.4) is 0 Å². The van der Waals surface area contributed by atoms with E-state index in [0.717, 1.165) is 0 Å². The molecule has 0 fully saturated rings. The molecule has 8 heavy (non-hydrogen) atoms. The van der Waals surface area contributed by atoms with Crippen molar-refractivity contribution in [2.75, 3.05) is 0 Å². The van der Waals surface area contributed by atoms with Gasteiger partial charge in [-0.2, -0.15) is 0 Å². The Kier molecular flexibility index (Phi) is 2.93. The van der Waals surface area contributed by atoms with E-state index in [1.807, 2.05) is 0 Å². The summed E-state index contributed by atoms with van der Waals surface area (Å²) in [4.78, 5) is 0. The van der Waals surface area contributed by atoms with Crippen molar-refractivity contribution in [1.82, 2.24) is 0 Å². The van der Waals surface area contributed by atoms with Gasteiger partial charge in [0.2, 0.25) is 0 Å². The van der Waals surface area contributed by atoms with E-state index < -0.39 is 19.1 Å². The van der Waals surface area contributed by atoms with Crippen molar-refractivity contribution < 1.29 is 24.1 Å². The van der Waals surface area contributed by atoms with Gasteiger partial charge in [0.1, 0.15) is 0 Å². The predicted octanol–water partition coefficient (Wildman–Crippen LogP) is -1.08. The summed E-state index contributed by atoms with van der Waals surface area (Å²) in [6.45, 7) is 5.40. The van der Waals surface area contributed by atoms with E-state index in [1.54, 1.807) is 19.6 Å². The zero-order valence-corrected chi connectivity index (χ0v) is 6.86. The van der Waals surface area contributed by atoms with Crippen LogP contribution in [0.15, 0.2) is 0 Å². The van der Waals surface area contributed by atoms with Gasteiger partial charge in [-0.15, -0.1) is 0 Å². The molecule has 50 valence electrons. The molecule has 0 N–H and O–H groups in total. The van der Waals surface area contributed by atoms with Crippen molar-refractivity contribution in [3.8, 4) is 0 Å². The van der Waals surface area contributed by atoms with Crippen LogP contribution in [-0.4, -0.2) is 8.32 Å². The molecule has 0 aliphatic heterocycles. The second kappa shape index (κ2) is 2.79. The van der Waals surface area contributed by atoms with Crippen LogP contribution >= 0.6 is 0 Å². The highest BCUT2D eigenvalue weighted by molar-refractivity contribution is 6.69. The molecule has 0 aromatic carbocycles. The minimum absolute atomic E-state index is 1.80. The Labute approximate surface area is 52.8 Å². The van der Waals surface area contributed by atoms with Crippen molar-refractivity contribution in [3.63, 3.8) is 0 Å². The summed E-state index contributed by atoms with van der Waals surface area (Å²) in [5.41, 5.74) is 0. The molecule has 0 saturated heterocycles. The van der Waals surface area contributed by atoms with Crippen molar-refractivity contribution >= 4 is 8.32 Å². The number of hydrogen-bond acceptors (Lipinski definition) is 3. The summed E-state index contributed by atoms with van der Waals surface area (Å²) < 4.78 is 24.0. The highest BCUT2D eigenvalue weighted by Gasteiger charge is 2.29. The molecule has 0 aromatic heterocycles. The number of rotatable bonds is 2. The lowest BCUT2D eigenvalue weighted by Crippen LogP contribution is -2.42. The van der Waals surface area contributed by atoms with Crippen molar-refractivity contribution in [2.24, 2.45) is 0 Å². The lowest BCUT2D eigenvalue weighted by molar-refractivity contribution is -1.62. The van der Waals surface area contributed by atoms with Gasteiger partial charge in [0.15, 0.2) is 0 Å². The fourth-order valence-corrected chi connectivity index (χ4v) is 1.70. The Morgan fingerprint density at radius 3 is 1.62 bits per heavy atom. The van der Waals surface area contributed by atoms with Crippen LogP contribution in [0.2, 0.25) is 19.6 Å². The Bertz CT molecular complexity index is 69.4. The largest absolute Gasteiger partial charge is 0.335 e. The first-order valence-corrected chi connectivity index (χ1v) is 6.50. The minimum atomic E-state index is -2.02. The first-order chi connectivity index (χ1) is 3.42. The monoisotopic (exact) mass is 156 g/mol. The summed E-state index contributed by atoms with van der Waals surface area (Å²) in [6.07, 6.45) is 0. The van der Waals surface area contributed by atoms with E-state index >= 15 is 0 Å². The average molecular weight is 157 g/mol. The summed E-state index contributed by atoms with van der Waals surface area (Å²) in [7, 11) is -3.87. The van der Waals surface area contributed by atoms with E-state index in [-0.39, 0.29) is 0 Å². The lowest BCUT2D eigenvalue weighted by atomic mass is 11.8. The zero-order chi connectivity index (χ0) is 6.78. The van der Waals surface area contributed by atoms with E-state index in [4.69, 9.17) is 0 Å². The molecule has 0 amide bonds. The highest BCUT2D eigenvalue weighted by atomic mass is 35.6. The van der Waals surface area contributed by atoms with Gasteiger partial charge in [0, 0.05) is 0 Å². The number of hydrogen-bond donors (Lipinski definition) is 0. The second-order valence-electron chi connectivity index (χ2n) is 2.38. The average Bonchev–Trinajstić information content (AvgIpc) is 1.21. The van der Waals surface area contributed by atoms with Gasteiger partial charge in [0.05, 0.1) is 0 Å². The Morgan fingerprint density at radius 2 is 1.62 bits per heavy atom. The molecule has 0 radical (unpaired) electrons. The fourth-order valence-electron chi connectivity index (χ4n) is 0.189. The van der Waals surface area contributed by atoms with Crippen LogP contribution in [0.4, 0.5) is 0 Å². The maximum absolute atomic E-state index is 9.79. The van der Waals surface area contributed by atoms with Gasteiger partial charge in [-0.3, -0.25) is 0 Å². The molecular weight excluding hydrogens is 148 g/mol. The third-order valence-electron chi connectivity index (χ3n) is 0.294.